The molecule has 0 aliphatic rings. The van der Waals surface area contributed by atoms with Gasteiger partial charge < -0.3 is 0 Å². The maximum Gasteiger partial charge on any atom is 0.166 e. The van der Waals surface area contributed by atoms with Crippen molar-refractivity contribution in [2.75, 3.05) is 0 Å². The van der Waals surface area contributed by atoms with Gasteiger partial charge in [0.15, 0.2) is 34.9 Å². The summed E-state index contributed by atoms with van der Waals surface area (Å²) in [5, 5.41) is 12.6. The van der Waals surface area contributed by atoms with E-state index < -0.39 is 0 Å². The summed E-state index contributed by atoms with van der Waals surface area (Å²) in [6, 6.07) is 60.2. The Balaban J connectivity index is 1.23. The first-order chi connectivity index (χ1) is 26.7. The maximum absolute atomic E-state index is 10.8. The van der Waals surface area contributed by atoms with Gasteiger partial charge in [0.2, 0.25) is 0 Å². The molecule has 2 heterocycles. The lowest BCUT2D eigenvalue weighted by Gasteiger charge is -2.16. The van der Waals surface area contributed by atoms with Gasteiger partial charge in [-0.2, -0.15) is 5.26 Å². The van der Waals surface area contributed by atoms with Crippen LogP contribution in [0.2, 0.25) is 0 Å². The van der Waals surface area contributed by atoms with Crippen molar-refractivity contribution in [1.29, 1.82) is 5.26 Å². The topological polar surface area (TPSA) is 101 Å². The molecule has 54 heavy (non-hydrogen) atoms. The lowest BCUT2D eigenvalue weighted by atomic mass is 9.90. The van der Waals surface area contributed by atoms with Crippen molar-refractivity contribution in [2.45, 2.75) is 0 Å². The van der Waals surface area contributed by atoms with Gasteiger partial charge in [0, 0.05) is 38.8 Å². The zero-order valence-electron chi connectivity index (χ0n) is 28.9. The Kier molecular flexibility index (Phi) is 8.44. The quantitative estimate of drug-likeness (QED) is 0.164. The zero-order chi connectivity index (χ0) is 36.3. The van der Waals surface area contributed by atoms with E-state index in [1.807, 2.05) is 170 Å². The number of hydrogen-bond donors (Lipinski definition) is 0. The average Bonchev–Trinajstić information content (AvgIpc) is 3.26. The van der Waals surface area contributed by atoms with E-state index in [1.54, 1.807) is 0 Å². The molecule has 0 amide bonds. The smallest absolute Gasteiger partial charge is 0.166 e. The molecule has 0 aliphatic carbocycles. The van der Waals surface area contributed by atoms with Crippen molar-refractivity contribution in [3.05, 3.63) is 181 Å². The Hall–Kier alpha value is -7.69. The van der Waals surface area contributed by atoms with Gasteiger partial charge in [0.05, 0.1) is 5.56 Å². The van der Waals surface area contributed by atoms with Crippen LogP contribution in [0, 0.1) is 11.3 Å². The third kappa shape index (κ3) is 6.25. The first-order valence-corrected chi connectivity index (χ1v) is 17.5. The summed E-state index contributed by atoms with van der Waals surface area (Å²) in [5.41, 5.74) is 7.19. The molecule has 0 bridgehead atoms. The molecule has 2 aromatic heterocycles. The molecule has 7 heteroatoms. The molecule has 9 aromatic rings. The van der Waals surface area contributed by atoms with Crippen molar-refractivity contribution in [3.8, 4) is 85.5 Å². The molecule has 252 valence electrons. The van der Waals surface area contributed by atoms with Gasteiger partial charge in [0.1, 0.15) is 6.07 Å². The molecular weight excluding hydrogens is 663 g/mol. The monoisotopic (exact) mass is 691 g/mol. The van der Waals surface area contributed by atoms with Gasteiger partial charge in [-0.05, 0) is 22.6 Å². The van der Waals surface area contributed by atoms with E-state index in [0.717, 1.165) is 49.7 Å². The molecule has 0 unspecified atom stereocenters. The molecule has 0 atom stereocenters. The fourth-order valence-electron chi connectivity index (χ4n) is 6.58. The highest BCUT2D eigenvalue weighted by Gasteiger charge is 2.22. The van der Waals surface area contributed by atoms with Crippen LogP contribution >= 0.6 is 0 Å². The minimum Gasteiger partial charge on any atom is -0.208 e. The Morgan fingerprint density at radius 2 is 0.667 bits per heavy atom. The molecule has 0 aliphatic heterocycles. The average molecular weight is 692 g/mol. The minimum absolute atomic E-state index is 0.418. The van der Waals surface area contributed by atoms with Crippen molar-refractivity contribution in [3.63, 3.8) is 0 Å². The molecule has 7 nitrogen and oxygen atoms in total. The Labute approximate surface area is 312 Å². The van der Waals surface area contributed by atoms with Crippen molar-refractivity contribution in [2.24, 2.45) is 0 Å². The lowest BCUT2D eigenvalue weighted by Crippen LogP contribution is -2.03. The van der Waals surface area contributed by atoms with Gasteiger partial charge in [-0.25, -0.2) is 29.9 Å². The Morgan fingerprint density at radius 3 is 1.07 bits per heavy atom. The fraction of sp³-hybridized carbons (Fsp3) is 0. The van der Waals surface area contributed by atoms with Crippen LogP contribution in [0.25, 0.3) is 90.2 Å². The summed E-state index contributed by atoms with van der Waals surface area (Å²) in [6.07, 6.45) is 0. The van der Waals surface area contributed by atoms with Crippen LogP contribution in [0.3, 0.4) is 0 Å². The molecule has 9 rings (SSSR count). The first kappa shape index (κ1) is 32.2. The summed E-state index contributed by atoms with van der Waals surface area (Å²) < 4.78 is 0. The molecule has 0 saturated heterocycles. The van der Waals surface area contributed by atoms with Crippen LogP contribution in [0.1, 0.15) is 5.56 Å². The van der Waals surface area contributed by atoms with Crippen LogP contribution < -0.4 is 0 Å². The highest BCUT2D eigenvalue weighted by Crippen LogP contribution is 2.40. The van der Waals surface area contributed by atoms with Crippen molar-refractivity contribution < 1.29 is 0 Å². The molecule has 0 spiro atoms. The fourth-order valence-corrected chi connectivity index (χ4v) is 6.58. The van der Waals surface area contributed by atoms with Crippen LogP contribution in [-0.2, 0) is 0 Å². The van der Waals surface area contributed by atoms with E-state index >= 15 is 0 Å². The molecule has 0 N–H and O–H groups in total. The van der Waals surface area contributed by atoms with E-state index in [9.17, 15) is 5.26 Å². The van der Waals surface area contributed by atoms with E-state index in [4.69, 9.17) is 29.9 Å². The van der Waals surface area contributed by atoms with Crippen molar-refractivity contribution >= 4 is 10.8 Å². The number of hydrogen-bond acceptors (Lipinski definition) is 7. The highest BCUT2D eigenvalue weighted by atomic mass is 15.0. The second kappa shape index (κ2) is 14.1. The van der Waals surface area contributed by atoms with Gasteiger partial charge in [-0.1, -0.05) is 170 Å². The molecule has 0 fully saturated rings. The van der Waals surface area contributed by atoms with E-state index in [2.05, 4.69) is 12.1 Å². The second-order valence-electron chi connectivity index (χ2n) is 12.7. The SMILES string of the molecule is N#Cc1c(-c2nc(-c3ccccc3)nc(-c3ccccc3)n2)c(-c2ccc(-c3nc(-c4ccccc4)nc(-c4ccccc4)n3)cc2)cc2ccccc12. The van der Waals surface area contributed by atoms with Gasteiger partial charge in [-0.15, -0.1) is 0 Å². The van der Waals surface area contributed by atoms with Crippen LogP contribution in [-0.4, -0.2) is 29.9 Å². The largest absolute Gasteiger partial charge is 0.208 e. The summed E-state index contributed by atoms with van der Waals surface area (Å²) in [5.74, 6) is 3.21. The summed E-state index contributed by atoms with van der Waals surface area (Å²) in [6.45, 7) is 0. The normalized spacial score (nSPS) is 10.9. The maximum atomic E-state index is 10.8. The molecule has 0 radical (unpaired) electrons. The van der Waals surface area contributed by atoms with Crippen LogP contribution in [0.15, 0.2) is 176 Å². The number of benzene rings is 7. The van der Waals surface area contributed by atoms with Gasteiger partial charge >= 0.3 is 0 Å². The second-order valence-corrected chi connectivity index (χ2v) is 12.7. The van der Waals surface area contributed by atoms with E-state index in [1.165, 1.54) is 0 Å². The number of aromatic nitrogens is 6. The first-order valence-electron chi connectivity index (χ1n) is 17.5. The van der Waals surface area contributed by atoms with Crippen LogP contribution in [0.5, 0.6) is 0 Å². The highest BCUT2D eigenvalue weighted by molar-refractivity contribution is 6.01. The van der Waals surface area contributed by atoms with Crippen molar-refractivity contribution in [1.82, 2.24) is 29.9 Å². The third-order valence-electron chi connectivity index (χ3n) is 9.24. The zero-order valence-corrected chi connectivity index (χ0v) is 28.9. The Morgan fingerprint density at radius 1 is 0.333 bits per heavy atom. The van der Waals surface area contributed by atoms with Gasteiger partial charge in [0.25, 0.3) is 0 Å². The lowest BCUT2D eigenvalue weighted by molar-refractivity contribution is 1.07. The van der Waals surface area contributed by atoms with Crippen LogP contribution in [0.4, 0.5) is 0 Å². The van der Waals surface area contributed by atoms with E-state index in [-0.39, 0.29) is 0 Å². The predicted octanol–water partition coefficient (Wildman–Crippen LogP) is 10.8. The summed E-state index contributed by atoms with van der Waals surface area (Å²) in [4.78, 5) is 29.7. The minimum atomic E-state index is 0.418. The Bertz CT molecular complexity index is 2690. The van der Waals surface area contributed by atoms with Gasteiger partial charge in [-0.3, -0.25) is 0 Å². The van der Waals surface area contributed by atoms with E-state index in [0.29, 0.717) is 46.1 Å². The molecular formula is C47H29N7. The standard InChI is InChI=1S/C47H29N7/c48-30-40-38-24-14-13-23-37(38)29-39(41(40)47-53-44(34-19-9-3-10-20-34)52-45(54-47)35-21-11-4-12-22-35)31-25-27-36(28-26-31)46-50-42(32-15-5-1-6-16-32)49-43(51-46)33-17-7-2-8-18-33/h1-29H. The number of nitriles is 1. The number of rotatable bonds is 7. The molecule has 0 saturated carbocycles. The third-order valence-corrected chi connectivity index (χ3v) is 9.24. The summed E-state index contributed by atoms with van der Waals surface area (Å²) in [7, 11) is 0. The predicted molar refractivity (Wildman–Crippen MR) is 213 cm³/mol. The number of nitrogens with zero attached hydrogens (tertiary/aromatic N) is 7. The summed E-state index contributed by atoms with van der Waals surface area (Å²) >= 11 is 0. The molecule has 7 aromatic carbocycles. The number of fused-ring (bicyclic) bond motifs is 1.